The summed E-state index contributed by atoms with van der Waals surface area (Å²) in [6, 6.07) is 10.7. The van der Waals surface area contributed by atoms with Crippen LogP contribution in [0.15, 0.2) is 41.4 Å². The molecule has 0 spiro atoms. The summed E-state index contributed by atoms with van der Waals surface area (Å²) in [5.41, 5.74) is 7.91. The number of nitrogens with two attached hydrogens (primary N) is 1. The van der Waals surface area contributed by atoms with E-state index in [1.165, 1.54) is 35.0 Å². The average Bonchev–Trinajstić information content (AvgIpc) is 2.37. The van der Waals surface area contributed by atoms with Crippen molar-refractivity contribution < 1.29 is 4.92 Å². The first-order valence-electron chi connectivity index (χ1n) is 5.65. The minimum Gasteiger partial charge on any atom is -0.383 e. The molecule has 0 fully saturated rings. The molecule has 2 N–H and O–H groups in total. The first-order valence-corrected chi connectivity index (χ1v) is 6.64. The minimum atomic E-state index is -0.462. The lowest BCUT2D eigenvalue weighted by Crippen LogP contribution is -1.96. The van der Waals surface area contributed by atoms with E-state index in [9.17, 15) is 10.1 Å². The van der Waals surface area contributed by atoms with E-state index < -0.39 is 4.92 Å². The highest BCUT2D eigenvalue weighted by Gasteiger charge is 2.10. The number of nitro groups is 1. The molecule has 0 unspecified atom stereocenters. The van der Waals surface area contributed by atoms with E-state index in [-0.39, 0.29) is 11.5 Å². The van der Waals surface area contributed by atoms with Crippen LogP contribution in [-0.4, -0.2) is 9.91 Å². The van der Waals surface area contributed by atoms with E-state index >= 15 is 0 Å². The normalized spacial score (nSPS) is 10.4. The highest BCUT2D eigenvalue weighted by molar-refractivity contribution is 7.98. The van der Waals surface area contributed by atoms with Gasteiger partial charge >= 0.3 is 0 Å². The van der Waals surface area contributed by atoms with E-state index in [0.29, 0.717) is 10.8 Å². The molecule has 0 radical (unpaired) electrons. The predicted octanol–water partition coefficient (Wildman–Crippen LogP) is 3.17. The molecule has 0 saturated carbocycles. The quantitative estimate of drug-likeness (QED) is 0.526. The molecule has 6 heteroatoms. The highest BCUT2D eigenvalue weighted by atomic mass is 32.2. The number of nitrogens with zero attached hydrogens (tertiary/aromatic N) is 2. The maximum Gasteiger partial charge on any atom is 0.275 e. The number of nitrogen functional groups attached to an aromatic ring is 1. The third kappa shape index (κ3) is 3.45. The topological polar surface area (TPSA) is 82.0 Å². The van der Waals surface area contributed by atoms with Gasteiger partial charge in [0.25, 0.3) is 5.69 Å². The third-order valence-corrected chi connectivity index (χ3v) is 3.61. The van der Waals surface area contributed by atoms with Crippen LogP contribution in [0.4, 0.5) is 11.5 Å². The summed E-state index contributed by atoms with van der Waals surface area (Å²) in [4.78, 5) is 14.4. The first kappa shape index (κ1) is 13.4. The van der Waals surface area contributed by atoms with Crippen molar-refractivity contribution in [1.29, 1.82) is 0 Å². The number of rotatable bonds is 4. The fourth-order valence-corrected chi connectivity index (χ4v) is 2.62. The number of hydrogen-bond donors (Lipinski definition) is 1. The van der Waals surface area contributed by atoms with E-state index in [4.69, 9.17) is 5.73 Å². The lowest BCUT2D eigenvalue weighted by molar-refractivity contribution is -0.385. The van der Waals surface area contributed by atoms with Gasteiger partial charge in [-0.05, 0) is 18.1 Å². The summed E-state index contributed by atoms with van der Waals surface area (Å²) in [7, 11) is 0. The van der Waals surface area contributed by atoms with Crippen LogP contribution in [0.1, 0.15) is 11.1 Å². The molecule has 19 heavy (non-hydrogen) atoms. The summed E-state index contributed by atoms with van der Waals surface area (Å²) >= 11 is 1.44. The Bertz CT molecular complexity index is 617. The molecule has 0 aliphatic heterocycles. The van der Waals surface area contributed by atoms with Crippen molar-refractivity contribution in [2.24, 2.45) is 0 Å². The van der Waals surface area contributed by atoms with Crippen LogP contribution in [0, 0.1) is 17.0 Å². The summed E-state index contributed by atoms with van der Waals surface area (Å²) < 4.78 is 0. The zero-order chi connectivity index (χ0) is 13.8. The number of pyridine rings is 1. The Balaban J connectivity index is 2.16. The summed E-state index contributed by atoms with van der Waals surface area (Å²) in [6.45, 7) is 2.03. The molecule has 0 aliphatic carbocycles. The van der Waals surface area contributed by atoms with Gasteiger partial charge in [-0.25, -0.2) is 4.98 Å². The van der Waals surface area contributed by atoms with Crippen LogP contribution < -0.4 is 5.73 Å². The summed E-state index contributed by atoms with van der Waals surface area (Å²) in [6.07, 6.45) is 0. The van der Waals surface area contributed by atoms with Gasteiger partial charge in [0.05, 0.1) is 11.0 Å². The van der Waals surface area contributed by atoms with Gasteiger partial charge in [-0.15, -0.1) is 11.8 Å². The van der Waals surface area contributed by atoms with Crippen molar-refractivity contribution in [3.05, 3.63) is 57.6 Å². The zero-order valence-corrected chi connectivity index (χ0v) is 11.2. The number of anilines is 1. The van der Waals surface area contributed by atoms with Crippen molar-refractivity contribution in [1.82, 2.24) is 4.98 Å². The van der Waals surface area contributed by atoms with Crippen molar-refractivity contribution in [2.75, 3.05) is 5.73 Å². The molecule has 0 bridgehead atoms. The lowest BCUT2D eigenvalue weighted by Gasteiger charge is -2.05. The molecule has 1 aromatic heterocycles. The second kappa shape index (κ2) is 5.71. The molecule has 2 aromatic rings. The summed E-state index contributed by atoms with van der Waals surface area (Å²) in [5.74, 6) is 0.877. The minimum absolute atomic E-state index is 0.0280. The second-order valence-corrected chi connectivity index (χ2v) is 5.06. The van der Waals surface area contributed by atoms with Crippen LogP contribution in [0.5, 0.6) is 0 Å². The molecular weight excluding hydrogens is 262 g/mol. The molecule has 1 heterocycles. The fourth-order valence-electron chi connectivity index (χ4n) is 1.61. The second-order valence-electron chi connectivity index (χ2n) is 4.06. The van der Waals surface area contributed by atoms with E-state index in [1.54, 1.807) is 0 Å². The van der Waals surface area contributed by atoms with Gasteiger partial charge in [0.2, 0.25) is 0 Å². The Morgan fingerprint density at radius 3 is 2.79 bits per heavy atom. The van der Waals surface area contributed by atoms with E-state index in [0.717, 1.165) is 0 Å². The molecule has 2 rings (SSSR count). The standard InChI is InChI=1S/C13H13N3O2S/c1-9-4-2-3-5-10(9)8-19-13-7-11(16(17)18)6-12(14)15-13/h2-7H,8H2,1H3,(H2,14,15). The largest absolute Gasteiger partial charge is 0.383 e. The van der Waals surface area contributed by atoms with Crippen LogP contribution in [0.25, 0.3) is 0 Å². The van der Waals surface area contributed by atoms with Crippen molar-refractivity contribution in [3.8, 4) is 0 Å². The Hall–Kier alpha value is -2.08. The number of aromatic nitrogens is 1. The Morgan fingerprint density at radius 2 is 2.11 bits per heavy atom. The van der Waals surface area contributed by atoms with Gasteiger partial charge in [-0.1, -0.05) is 24.3 Å². The Kier molecular flexibility index (Phi) is 4.01. The molecule has 98 valence electrons. The van der Waals surface area contributed by atoms with Gasteiger partial charge in [0, 0.05) is 11.8 Å². The van der Waals surface area contributed by atoms with Crippen LogP contribution in [0.2, 0.25) is 0 Å². The fraction of sp³-hybridized carbons (Fsp3) is 0.154. The number of benzene rings is 1. The molecule has 5 nitrogen and oxygen atoms in total. The molecule has 0 amide bonds. The zero-order valence-electron chi connectivity index (χ0n) is 10.4. The smallest absolute Gasteiger partial charge is 0.275 e. The SMILES string of the molecule is Cc1ccccc1CSc1cc([N+](=O)[O-])cc(N)n1. The molecular formula is C13H13N3O2S. The molecule has 0 atom stereocenters. The Morgan fingerprint density at radius 1 is 1.37 bits per heavy atom. The van der Waals surface area contributed by atoms with Crippen LogP contribution in [0.3, 0.4) is 0 Å². The van der Waals surface area contributed by atoms with Crippen LogP contribution in [-0.2, 0) is 5.75 Å². The molecule has 1 aromatic carbocycles. The molecule has 0 aliphatic rings. The molecule has 0 saturated heterocycles. The lowest BCUT2D eigenvalue weighted by atomic mass is 10.1. The third-order valence-electron chi connectivity index (χ3n) is 2.65. The maximum atomic E-state index is 10.7. The van der Waals surface area contributed by atoms with Crippen molar-refractivity contribution >= 4 is 23.3 Å². The predicted molar refractivity (Wildman–Crippen MR) is 76.0 cm³/mol. The highest BCUT2D eigenvalue weighted by Crippen LogP contribution is 2.26. The summed E-state index contributed by atoms with van der Waals surface area (Å²) in [5, 5.41) is 11.3. The van der Waals surface area contributed by atoms with Gasteiger partial charge < -0.3 is 5.73 Å². The number of hydrogen-bond acceptors (Lipinski definition) is 5. The van der Waals surface area contributed by atoms with Crippen LogP contribution >= 0.6 is 11.8 Å². The van der Waals surface area contributed by atoms with Crippen molar-refractivity contribution in [2.45, 2.75) is 17.7 Å². The van der Waals surface area contributed by atoms with Gasteiger partial charge in [-0.3, -0.25) is 10.1 Å². The number of aryl methyl sites for hydroxylation is 1. The monoisotopic (exact) mass is 275 g/mol. The maximum absolute atomic E-state index is 10.7. The van der Waals surface area contributed by atoms with E-state index in [2.05, 4.69) is 4.98 Å². The van der Waals surface area contributed by atoms with Gasteiger partial charge in [0.1, 0.15) is 10.8 Å². The van der Waals surface area contributed by atoms with Gasteiger partial charge in [0.15, 0.2) is 0 Å². The van der Waals surface area contributed by atoms with Crippen molar-refractivity contribution in [3.63, 3.8) is 0 Å². The van der Waals surface area contributed by atoms with Gasteiger partial charge in [-0.2, -0.15) is 0 Å². The average molecular weight is 275 g/mol. The number of thioether (sulfide) groups is 1. The Labute approximate surface area is 115 Å². The van der Waals surface area contributed by atoms with E-state index in [1.807, 2.05) is 31.2 Å². The first-order chi connectivity index (χ1) is 9.06.